The van der Waals surface area contributed by atoms with E-state index in [2.05, 4.69) is 39.5 Å². The van der Waals surface area contributed by atoms with Gasteiger partial charge in [-0.25, -0.2) is 0 Å². The van der Waals surface area contributed by atoms with Crippen LogP contribution in [0.2, 0.25) is 0 Å². The first-order valence-corrected chi connectivity index (χ1v) is 6.10. The molecule has 2 nitrogen and oxygen atoms in total. The second kappa shape index (κ2) is 4.19. The topological polar surface area (TPSA) is 3.24 Å². The fraction of sp³-hybridized carbons (Fsp3) is 1.00. The Balaban J connectivity index is 2.76. The number of rotatable bonds is 4. The summed E-state index contributed by atoms with van der Waals surface area (Å²) in [5.74, 6) is 0. The predicted molar refractivity (Wildman–Crippen MR) is 62.2 cm³/mol. The summed E-state index contributed by atoms with van der Waals surface area (Å²) in [6.07, 6.45) is 1.28. The highest BCUT2D eigenvalue weighted by Gasteiger charge is 2.49. The van der Waals surface area contributed by atoms with Gasteiger partial charge >= 0.3 is 0 Å². The molecule has 0 amide bonds. The monoisotopic (exact) mass is 199 g/mol. The minimum Gasteiger partial charge on any atom is -0.306 e. The predicted octanol–water partition coefficient (Wildman–Crippen LogP) is 2.30. The maximum atomic E-state index is 2.63. The molecule has 0 aliphatic carbocycles. The van der Waals surface area contributed by atoms with E-state index in [-0.39, 0.29) is 0 Å². The van der Waals surface area contributed by atoms with Crippen molar-refractivity contribution in [1.29, 1.82) is 0 Å². The highest BCUT2D eigenvalue weighted by molar-refractivity contribution is 4.81. The van der Waals surface area contributed by atoms with Gasteiger partial charge in [0.1, 0.15) is 12.2 Å². The minimum atomic E-state index is 0.443. The van der Waals surface area contributed by atoms with Crippen LogP contribution in [0.15, 0.2) is 0 Å². The molecule has 1 saturated heterocycles. The molecular formula is C12H27N2+. The molecule has 1 rings (SSSR count). The zero-order chi connectivity index (χ0) is 10.8. The van der Waals surface area contributed by atoms with Crippen molar-refractivity contribution < 1.29 is 4.48 Å². The summed E-state index contributed by atoms with van der Waals surface area (Å²) in [4.78, 5) is 2.63. The molecule has 1 aliphatic rings. The molecule has 2 heteroatoms. The van der Waals surface area contributed by atoms with E-state index < -0.39 is 0 Å². The largest absolute Gasteiger partial charge is 0.306 e. The molecule has 84 valence electrons. The fourth-order valence-electron chi connectivity index (χ4n) is 3.07. The molecule has 1 fully saturated rings. The van der Waals surface area contributed by atoms with Crippen LogP contribution in [0, 0.1) is 0 Å². The van der Waals surface area contributed by atoms with Crippen molar-refractivity contribution in [2.24, 2.45) is 0 Å². The van der Waals surface area contributed by atoms with Crippen molar-refractivity contribution in [3.8, 4) is 0 Å². The van der Waals surface area contributed by atoms with Gasteiger partial charge in [-0.15, -0.1) is 0 Å². The molecule has 14 heavy (non-hydrogen) atoms. The van der Waals surface area contributed by atoms with E-state index >= 15 is 0 Å². The Morgan fingerprint density at radius 1 is 1.14 bits per heavy atom. The Bertz CT molecular complexity index is 183. The van der Waals surface area contributed by atoms with Crippen LogP contribution in [0.25, 0.3) is 0 Å². The normalized spacial score (nSPS) is 25.5. The highest BCUT2D eigenvalue weighted by atomic mass is 15.5. The van der Waals surface area contributed by atoms with Crippen molar-refractivity contribution in [3.05, 3.63) is 0 Å². The van der Waals surface area contributed by atoms with Gasteiger partial charge in [-0.3, -0.25) is 4.90 Å². The third-order valence-corrected chi connectivity index (χ3v) is 4.12. The summed E-state index contributed by atoms with van der Waals surface area (Å²) in [6.45, 7) is 18.1. The fourth-order valence-corrected chi connectivity index (χ4v) is 3.07. The maximum Gasteiger partial charge on any atom is 0.135 e. The molecule has 1 aliphatic heterocycles. The molecule has 0 radical (unpaired) electrons. The van der Waals surface area contributed by atoms with Crippen molar-refractivity contribution in [2.45, 2.75) is 46.6 Å². The summed E-state index contributed by atoms with van der Waals surface area (Å²) in [6, 6.07) is 0. The standard InChI is InChI=1S/C12H27N2/c1-6-9-13-10-12(4,5)14(7-2,8-3)11-13/h6-11H2,1-5H3/q+1. The van der Waals surface area contributed by atoms with Crippen LogP contribution in [0.4, 0.5) is 0 Å². The quantitative estimate of drug-likeness (QED) is 0.628. The first kappa shape index (κ1) is 12.0. The molecule has 0 aromatic rings. The van der Waals surface area contributed by atoms with Crippen LogP contribution in [-0.4, -0.2) is 47.8 Å². The Morgan fingerprint density at radius 3 is 2.07 bits per heavy atom. The van der Waals surface area contributed by atoms with E-state index in [0.717, 1.165) is 0 Å². The van der Waals surface area contributed by atoms with Crippen LogP contribution in [0.5, 0.6) is 0 Å². The van der Waals surface area contributed by atoms with Gasteiger partial charge in [0, 0.05) is 6.54 Å². The van der Waals surface area contributed by atoms with E-state index in [1.165, 1.54) is 43.8 Å². The number of hydrogen-bond donors (Lipinski definition) is 0. The number of hydrogen-bond acceptors (Lipinski definition) is 1. The van der Waals surface area contributed by atoms with Gasteiger partial charge in [-0.1, -0.05) is 6.92 Å². The summed E-state index contributed by atoms with van der Waals surface area (Å²) in [5, 5.41) is 0. The molecule has 1 heterocycles. The van der Waals surface area contributed by atoms with Crippen LogP contribution in [0.1, 0.15) is 41.0 Å². The Labute approximate surface area is 89.5 Å². The van der Waals surface area contributed by atoms with Crippen LogP contribution < -0.4 is 0 Å². The lowest BCUT2D eigenvalue weighted by atomic mass is 10.0. The summed E-state index contributed by atoms with van der Waals surface area (Å²) >= 11 is 0. The molecule has 0 spiro atoms. The zero-order valence-corrected chi connectivity index (χ0v) is 10.6. The second-order valence-electron chi connectivity index (χ2n) is 5.28. The molecular weight excluding hydrogens is 172 g/mol. The number of quaternary nitrogens is 1. The SMILES string of the molecule is CCCN1CC(C)(C)[N+](CC)(CC)C1. The molecule has 0 saturated carbocycles. The summed E-state index contributed by atoms with van der Waals surface area (Å²) < 4.78 is 1.27. The first-order valence-electron chi connectivity index (χ1n) is 6.10. The Kier molecular flexibility index (Phi) is 3.59. The Morgan fingerprint density at radius 2 is 1.71 bits per heavy atom. The van der Waals surface area contributed by atoms with Crippen molar-refractivity contribution in [1.82, 2.24) is 4.90 Å². The lowest BCUT2D eigenvalue weighted by Crippen LogP contribution is -2.58. The van der Waals surface area contributed by atoms with E-state index in [9.17, 15) is 0 Å². The highest BCUT2D eigenvalue weighted by Crippen LogP contribution is 2.32. The molecule has 0 bridgehead atoms. The molecule has 0 atom stereocenters. The first-order chi connectivity index (χ1) is 6.51. The molecule has 0 N–H and O–H groups in total. The van der Waals surface area contributed by atoms with E-state index in [4.69, 9.17) is 0 Å². The second-order valence-corrected chi connectivity index (χ2v) is 5.28. The van der Waals surface area contributed by atoms with Crippen LogP contribution in [0.3, 0.4) is 0 Å². The van der Waals surface area contributed by atoms with E-state index in [0.29, 0.717) is 5.54 Å². The van der Waals surface area contributed by atoms with E-state index in [1.807, 2.05) is 0 Å². The van der Waals surface area contributed by atoms with Crippen LogP contribution in [-0.2, 0) is 0 Å². The van der Waals surface area contributed by atoms with Gasteiger partial charge in [0.25, 0.3) is 0 Å². The van der Waals surface area contributed by atoms with E-state index in [1.54, 1.807) is 0 Å². The van der Waals surface area contributed by atoms with Gasteiger partial charge < -0.3 is 4.48 Å². The van der Waals surface area contributed by atoms with Crippen molar-refractivity contribution >= 4 is 0 Å². The number of likely N-dealkylation sites (N-methyl/N-ethyl adjacent to an activating group) is 1. The smallest absolute Gasteiger partial charge is 0.135 e. The minimum absolute atomic E-state index is 0.443. The summed E-state index contributed by atoms with van der Waals surface area (Å²) in [5.41, 5.74) is 0.443. The molecule has 0 aromatic heterocycles. The van der Waals surface area contributed by atoms with Crippen molar-refractivity contribution in [2.75, 3.05) is 32.8 Å². The van der Waals surface area contributed by atoms with Gasteiger partial charge in [-0.2, -0.15) is 0 Å². The zero-order valence-electron chi connectivity index (χ0n) is 10.6. The summed E-state index contributed by atoms with van der Waals surface area (Å²) in [7, 11) is 0. The van der Waals surface area contributed by atoms with Crippen LogP contribution >= 0.6 is 0 Å². The molecule has 0 unspecified atom stereocenters. The van der Waals surface area contributed by atoms with Gasteiger partial charge in [-0.05, 0) is 34.1 Å². The van der Waals surface area contributed by atoms with Gasteiger partial charge in [0.15, 0.2) is 0 Å². The van der Waals surface area contributed by atoms with Gasteiger partial charge in [0.05, 0.1) is 19.6 Å². The molecule has 0 aromatic carbocycles. The average Bonchev–Trinajstić information content (AvgIpc) is 2.38. The van der Waals surface area contributed by atoms with Gasteiger partial charge in [0.2, 0.25) is 0 Å². The third kappa shape index (κ3) is 1.82. The third-order valence-electron chi connectivity index (χ3n) is 4.12. The van der Waals surface area contributed by atoms with Crippen molar-refractivity contribution in [3.63, 3.8) is 0 Å². The lowest BCUT2D eigenvalue weighted by Gasteiger charge is -2.43. The lowest BCUT2D eigenvalue weighted by molar-refractivity contribution is -0.959. The Hall–Kier alpha value is -0.0800. The average molecular weight is 199 g/mol. The maximum absolute atomic E-state index is 2.63. The number of nitrogens with zero attached hydrogens (tertiary/aromatic N) is 2.